The Morgan fingerprint density at radius 1 is 1.44 bits per heavy atom. The molecule has 3 heterocycles. The highest BCUT2D eigenvalue weighted by Gasteiger charge is 2.10. The lowest BCUT2D eigenvalue weighted by Crippen LogP contribution is -2.04. The summed E-state index contributed by atoms with van der Waals surface area (Å²) < 4.78 is 9.56. The molecule has 0 unspecified atom stereocenters. The van der Waals surface area contributed by atoms with Crippen molar-refractivity contribution >= 4 is 23.9 Å². The molecule has 10 nitrogen and oxygen atoms in total. The van der Waals surface area contributed by atoms with Crippen molar-refractivity contribution in [1.29, 1.82) is 0 Å². The summed E-state index contributed by atoms with van der Waals surface area (Å²) in [5.41, 5.74) is 2.05. The summed E-state index contributed by atoms with van der Waals surface area (Å²) in [4.78, 5) is 11.4. The number of nitrogens with zero attached hydrogens (tertiary/aromatic N) is 8. The molecule has 11 heteroatoms. The zero-order valence-corrected chi connectivity index (χ0v) is 14.7. The molecule has 0 amide bonds. The quantitative estimate of drug-likeness (QED) is 0.366. The molecule has 0 aromatic carbocycles. The van der Waals surface area contributed by atoms with Crippen LogP contribution in [0.25, 0.3) is 0 Å². The van der Waals surface area contributed by atoms with Crippen LogP contribution in [0, 0.1) is 6.92 Å². The number of esters is 1. The van der Waals surface area contributed by atoms with Gasteiger partial charge < -0.3 is 4.74 Å². The first-order valence-corrected chi connectivity index (χ1v) is 8.25. The summed E-state index contributed by atoms with van der Waals surface area (Å²) >= 11 is 1.39. The average molecular weight is 360 g/mol. The topological polar surface area (TPSA) is 105 Å². The van der Waals surface area contributed by atoms with E-state index in [0.717, 1.165) is 11.4 Å². The zero-order chi connectivity index (χ0) is 17.8. The van der Waals surface area contributed by atoms with Gasteiger partial charge in [0, 0.05) is 13.2 Å². The van der Waals surface area contributed by atoms with E-state index >= 15 is 0 Å². The van der Waals surface area contributed by atoms with Crippen LogP contribution in [-0.2, 0) is 17.7 Å². The van der Waals surface area contributed by atoms with E-state index < -0.39 is 5.97 Å². The maximum atomic E-state index is 11.4. The molecule has 0 N–H and O–H groups in total. The lowest BCUT2D eigenvalue weighted by Gasteiger charge is -2.01. The summed E-state index contributed by atoms with van der Waals surface area (Å²) in [6.45, 7) is 1.92. The van der Waals surface area contributed by atoms with Crippen molar-refractivity contribution in [2.75, 3.05) is 7.11 Å². The molecule has 0 saturated heterocycles. The van der Waals surface area contributed by atoms with Gasteiger partial charge in [-0.2, -0.15) is 20.0 Å². The van der Waals surface area contributed by atoms with E-state index in [-0.39, 0.29) is 5.69 Å². The van der Waals surface area contributed by atoms with Crippen LogP contribution >= 0.6 is 11.8 Å². The Labute approximate surface area is 147 Å². The van der Waals surface area contributed by atoms with E-state index in [4.69, 9.17) is 0 Å². The molecule has 3 rings (SSSR count). The summed E-state index contributed by atoms with van der Waals surface area (Å²) in [6, 6.07) is 3.53. The molecule has 0 aliphatic rings. The molecule has 0 spiro atoms. The van der Waals surface area contributed by atoms with E-state index in [1.165, 1.54) is 25.2 Å². The molecule has 0 bridgehead atoms. The highest BCUT2D eigenvalue weighted by Crippen LogP contribution is 2.17. The van der Waals surface area contributed by atoms with Crippen LogP contribution in [0.3, 0.4) is 0 Å². The van der Waals surface area contributed by atoms with Crippen LogP contribution in [0.5, 0.6) is 0 Å². The third-order valence-electron chi connectivity index (χ3n) is 3.21. The van der Waals surface area contributed by atoms with Crippen LogP contribution < -0.4 is 0 Å². The van der Waals surface area contributed by atoms with Gasteiger partial charge in [-0.05, 0) is 19.1 Å². The summed E-state index contributed by atoms with van der Waals surface area (Å²) in [5.74, 6) is -0.0151. The van der Waals surface area contributed by atoms with Gasteiger partial charge in [-0.15, -0.1) is 10.2 Å². The zero-order valence-electron chi connectivity index (χ0n) is 13.9. The van der Waals surface area contributed by atoms with Crippen molar-refractivity contribution in [2.24, 2.45) is 12.1 Å². The molecule has 130 valence electrons. The minimum Gasteiger partial charge on any atom is -0.464 e. The van der Waals surface area contributed by atoms with Gasteiger partial charge in [0.1, 0.15) is 6.33 Å². The highest BCUT2D eigenvalue weighted by molar-refractivity contribution is 7.98. The van der Waals surface area contributed by atoms with Crippen molar-refractivity contribution in [2.45, 2.75) is 18.0 Å². The number of carbonyl (C=O) groups is 1. The van der Waals surface area contributed by atoms with E-state index in [1.54, 1.807) is 32.5 Å². The van der Waals surface area contributed by atoms with Crippen molar-refractivity contribution in [3.8, 4) is 0 Å². The Bertz CT molecular complexity index is 910. The Balaban J connectivity index is 1.67. The predicted molar refractivity (Wildman–Crippen MR) is 90.4 cm³/mol. The molecule has 0 aliphatic heterocycles. The summed E-state index contributed by atoms with van der Waals surface area (Å²) in [5, 5.41) is 21.3. The Morgan fingerprint density at radius 2 is 2.28 bits per heavy atom. The number of thioether (sulfide) groups is 1. The lowest BCUT2D eigenvalue weighted by atomic mass is 10.4. The molecular weight excluding hydrogens is 344 g/mol. The van der Waals surface area contributed by atoms with Gasteiger partial charge >= 0.3 is 5.97 Å². The fourth-order valence-corrected chi connectivity index (χ4v) is 2.76. The Morgan fingerprint density at radius 3 is 3.00 bits per heavy atom. The number of aryl methyl sites for hydroxylation is 2. The standard InChI is InChI=1S/C14H16N8O2S/c1-10-6-11(20(2)18-10)7-16-22-8-15-17-14(22)25-9-21-5-4-12(19-21)13(23)24-3/h4-8H,9H2,1-3H3. The molecule has 0 radical (unpaired) electrons. The first kappa shape index (κ1) is 16.9. The maximum absolute atomic E-state index is 11.4. The largest absolute Gasteiger partial charge is 0.464 e. The second-order valence-corrected chi connectivity index (χ2v) is 5.95. The first-order chi connectivity index (χ1) is 12.1. The third kappa shape index (κ3) is 3.94. The van der Waals surface area contributed by atoms with Gasteiger partial charge in [-0.1, -0.05) is 11.8 Å². The fourth-order valence-electron chi connectivity index (χ4n) is 2.04. The number of aromatic nitrogens is 7. The van der Waals surface area contributed by atoms with Crippen LogP contribution in [0.1, 0.15) is 21.9 Å². The normalized spacial score (nSPS) is 11.3. The summed E-state index contributed by atoms with van der Waals surface area (Å²) in [7, 11) is 3.17. The van der Waals surface area contributed by atoms with Gasteiger partial charge in [0.15, 0.2) is 5.69 Å². The van der Waals surface area contributed by atoms with Crippen LogP contribution in [0.2, 0.25) is 0 Å². The monoisotopic (exact) mass is 360 g/mol. The number of rotatable bonds is 6. The summed E-state index contributed by atoms with van der Waals surface area (Å²) in [6.07, 6.45) is 4.91. The van der Waals surface area contributed by atoms with Crippen molar-refractivity contribution in [1.82, 2.24) is 34.4 Å². The first-order valence-electron chi connectivity index (χ1n) is 7.26. The van der Waals surface area contributed by atoms with Crippen LogP contribution in [0.4, 0.5) is 0 Å². The number of carbonyl (C=O) groups excluding carboxylic acids is 1. The molecule has 3 aromatic rings. The second kappa shape index (κ2) is 7.30. The van der Waals surface area contributed by atoms with Gasteiger partial charge in [0.25, 0.3) is 0 Å². The number of methoxy groups -OCH3 is 1. The molecule has 0 aliphatic carbocycles. The number of hydrogen-bond donors (Lipinski definition) is 0. The molecule has 0 fully saturated rings. The van der Waals surface area contributed by atoms with Gasteiger partial charge in [-0.3, -0.25) is 9.36 Å². The minimum absolute atomic E-state index is 0.258. The predicted octanol–water partition coefficient (Wildman–Crippen LogP) is 0.935. The van der Waals surface area contributed by atoms with Crippen LogP contribution in [-0.4, -0.2) is 53.7 Å². The fraction of sp³-hybridized carbons (Fsp3) is 0.286. The van der Waals surface area contributed by atoms with E-state index in [2.05, 4.69) is 30.2 Å². The Kier molecular flexibility index (Phi) is 4.93. The van der Waals surface area contributed by atoms with Crippen molar-refractivity contribution in [3.05, 3.63) is 41.7 Å². The minimum atomic E-state index is -0.469. The molecule has 25 heavy (non-hydrogen) atoms. The van der Waals surface area contributed by atoms with Gasteiger partial charge in [0.2, 0.25) is 5.16 Å². The van der Waals surface area contributed by atoms with Gasteiger partial charge in [-0.25, -0.2) is 4.79 Å². The molecule has 0 saturated carbocycles. The Hall–Kier alpha value is -2.95. The number of hydrogen-bond acceptors (Lipinski definition) is 8. The third-order valence-corrected chi connectivity index (χ3v) is 4.13. The smallest absolute Gasteiger partial charge is 0.358 e. The average Bonchev–Trinajstić information content (AvgIpc) is 3.30. The van der Waals surface area contributed by atoms with Crippen molar-refractivity contribution < 1.29 is 9.53 Å². The molecular formula is C14H16N8O2S. The van der Waals surface area contributed by atoms with E-state index in [9.17, 15) is 4.79 Å². The maximum Gasteiger partial charge on any atom is 0.358 e. The number of ether oxygens (including phenoxy) is 1. The van der Waals surface area contributed by atoms with E-state index in [1.807, 2.05) is 20.0 Å². The molecule has 3 aromatic heterocycles. The van der Waals surface area contributed by atoms with Crippen molar-refractivity contribution in [3.63, 3.8) is 0 Å². The van der Waals surface area contributed by atoms with Gasteiger partial charge in [0.05, 0.1) is 30.6 Å². The van der Waals surface area contributed by atoms with Crippen LogP contribution in [0.15, 0.2) is 34.9 Å². The second-order valence-electron chi connectivity index (χ2n) is 5.04. The molecule has 0 atom stereocenters. The van der Waals surface area contributed by atoms with E-state index in [0.29, 0.717) is 11.0 Å². The lowest BCUT2D eigenvalue weighted by molar-refractivity contribution is 0.0593. The highest BCUT2D eigenvalue weighted by atomic mass is 32.2. The SMILES string of the molecule is COC(=O)c1ccn(CSc2nncn2N=Cc2cc(C)nn2C)n1.